The number of carbonyl (C=O) groups excluding carboxylic acids is 1. The molecular formula is C19H21F2N3O3. The molecule has 3 rings (SSSR count). The summed E-state index contributed by atoms with van der Waals surface area (Å²) in [6, 6.07) is 8.58. The van der Waals surface area contributed by atoms with Crippen LogP contribution in [0, 0.1) is 11.6 Å². The highest BCUT2D eigenvalue weighted by molar-refractivity contribution is 5.91. The first-order valence-electron chi connectivity index (χ1n) is 8.50. The van der Waals surface area contributed by atoms with Crippen LogP contribution in [0.15, 0.2) is 36.4 Å². The summed E-state index contributed by atoms with van der Waals surface area (Å²) in [7, 11) is 3.05. The van der Waals surface area contributed by atoms with E-state index in [0.717, 1.165) is 0 Å². The predicted octanol–water partition coefficient (Wildman–Crippen LogP) is 3.34. The second-order valence-electron chi connectivity index (χ2n) is 6.04. The number of carbonyl (C=O) groups is 1. The first-order chi connectivity index (χ1) is 13.0. The number of amides is 2. The molecule has 1 aliphatic heterocycles. The van der Waals surface area contributed by atoms with Crippen molar-refractivity contribution in [3.63, 3.8) is 0 Å². The van der Waals surface area contributed by atoms with E-state index in [0.29, 0.717) is 43.4 Å². The molecule has 0 atom stereocenters. The molecule has 0 saturated carbocycles. The number of hydrogen-bond acceptors (Lipinski definition) is 4. The van der Waals surface area contributed by atoms with Crippen LogP contribution in [0.4, 0.5) is 25.0 Å². The zero-order chi connectivity index (χ0) is 19.4. The average Bonchev–Trinajstić information content (AvgIpc) is 2.68. The quantitative estimate of drug-likeness (QED) is 0.888. The van der Waals surface area contributed by atoms with Crippen LogP contribution >= 0.6 is 0 Å². The summed E-state index contributed by atoms with van der Waals surface area (Å²) in [4.78, 5) is 15.8. The van der Waals surface area contributed by atoms with Gasteiger partial charge in [-0.3, -0.25) is 0 Å². The van der Waals surface area contributed by atoms with Gasteiger partial charge in [0, 0.05) is 32.2 Å². The summed E-state index contributed by atoms with van der Waals surface area (Å²) in [5.41, 5.74) is 0.441. The van der Waals surface area contributed by atoms with Crippen molar-refractivity contribution >= 4 is 17.4 Å². The van der Waals surface area contributed by atoms with Gasteiger partial charge in [-0.15, -0.1) is 0 Å². The third kappa shape index (κ3) is 4.05. The molecule has 0 aromatic heterocycles. The van der Waals surface area contributed by atoms with E-state index >= 15 is 0 Å². The monoisotopic (exact) mass is 377 g/mol. The van der Waals surface area contributed by atoms with Crippen LogP contribution in [0.2, 0.25) is 0 Å². The van der Waals surface area contributed by atoms with Gasteiger partial charge in [0.05, 0.1) is 19.9 Å². The average molecular weight is 377 g/mol. The molecule has 1 fully saturated rings. The Balaban J connectivity index is 1.66. The third-order valence-electron chi connectivity index (χ3n) is 4.47. The predicted molar refractivity (Wildman–Crippen MR) is 98.7 cm³/mol. The Kier molecular flexibility index (Phi) is 5.63. The van der Waals surface area contributed by atoms with Crippen LogP contribution in [0.3, 0.4) is 0 Å². The Bertz CT molecular complexity index is 804. The molecular weight excluding hydrogens is 356 g/mol. The lowest BCUT2D eigenvalue weighted by atomic mass is 10.2. The largest absolute Gasteiger partial charge is 0.497 e. The van der Waals surface area contributed by atoms with E-state index < -0.39 is 11.6 Å². The van der Waals surface area contributed by atoms with Gasteiger partial charge in [-0.05, 0) is 24.3 Å². The summed E-state index contributed by atoms with van der Waals surface area (Å²) in [6.45, 7) is 1.35. The molecule has 2 aromatic rings. The van der Waals surface area contributed by atoms with Crippen molar-refractivity contribution in [2.75, 3.05) is 50.6 Å². The molecule has 2 aromatic carbocycles. The number of halogens is 2. The fourth-order valence-electron chi connectivity index (χ4n) is 3.03. The Labute approximate surface area is 156 Å². The van der Waals surface area contributed by atoms with Crippen molar-refractivity contribution in [2.24, 2.45) is 0 Å². The topological polar surface area (TPSA) is 54.0 Å². The number of urea groups is 1. The number of benzene rings is 2. The molecule has 0 unspecified atom stereocenters. The fraction of sp³-hybridized carbons (Fsp3) is 0.316. The van der Waals surface area contributed by atoms with Crippen molar-refractivity contribution in [1.82, 2.24) is 4.90 Å². The van der Waals surface area contributed by atoms with E-state index in [2.05, 4.69) is 5.32 Å². The molecule has 1 N–H and O–H groups in total. The van der Waals surface area contributed by atoms with E-state index in [4.69, 9.17) is 9.47 Å². The van der Waals surface area contributed by atoms with Crippen molar-refractivity contribution in [3.05, 3.63) is 48.0 Å². The second-order valence-corrected chi connectivity index (χ2v) is 6.04. The van der Waals surface area contributed by atoms with Gasteiger partial charge in [-0.25, -0.2) is 13.6 Å². The fourth-order valence-corrected chi connectivity index (χ4v) is 3.03. The van der Waals surface area contributed by atoms with Crippen LogP contribution in [0.5, 0.6) is 11.5 Å². The number of anilines is 2. The number of ether oxygens (including phenoxy) is 2. The number of hydrogen-bond donors (Lipinski definition) is 1. The third-order valence-corrected chi connectivity index (χ3v) is 4.47. The molecule has 0 spiro atoms. The van der Waals surface area contributed by atoms with Crippen molar-refractivity contribution in [1.29, 1.82) is 0 Å². The molecule has 0 radical (unpaired) electrons. The Morgan fingerprint density at radius 1 is 1.00 bits per heavy atom. The molecule has 144 valence electrons. The number of piperazine rings is 1. The summed E-state index contributed by atoms with van der Waals surface area (Å²) < 4.78 is 38.3. The van der Waals surface area contributed by atoms with Gasteiger partial charge < -0.3 is 24.6 Å². The molecule has 0 bridgehead atoms. The number of para-hydroxylation sites is 1. The Hall–Kier alpha value is -3.03. The lowest BCUT2D eigenvalue weighted by molar-refractivity contribution is 0.208. The molecule has 6 nitrogen and oxygen atoms in total. The number of rotatable bonds is 4. The Morgan fingerprint density at radius 3 is 2.26 bits per heavy atom. The number of nitrogens with zero attached hydrogens (tertiary/aromatic N) is 2. The maximum Gasteiger partial charge on any atom is 0.322 e. The first-order valence-corrected chi connectivity index (χ1v) is 8.50. The smallest absolute Gasteiger partial charge is 0.322 e. The minimum absolute atomic E-state index is 0.0491. The molecule has 27 heavy (non-hydrogen) atoms. The van der Waals surface area contributed by atoms with Gasteiger partial charge in [0.15, 0.2) is 0 Å². The summed E-state index contributed by atoms with van der Waals surface area (Å²) >= 11 is 0. The van der Waals surface area contributed by atoms with Crippen LogP contribution in [-0.2, 0) is 0 Å². The zero-order valence-electron chi connectivity index (χ0n) is 15.2. The van der Waals surface area contributed by atoms with Gasteiger partial charge in [-0.2, -0.15) is 0 Å². The summed E-state index contributed by atoms with van der Waals surface area (Å²) in [5, 5.41) is 2.80. The Morgan fingerprint density at radius 2 is 1.67 bits per heavy atom. The van der Waals surface area contributed by atoms with Crippen LogP contribution in [0.25, 0.3) is 0 Å². The van der Waals surface area contributed by atoms with Crippen molar-refractivity contribution < 1.29 is 23.0 Å². The highest BCUT2D eigenvalue weighted by Crippen LogP contribution is 2.29. The van der Waals surface area contributed by atoms with Gasteiger partial charge in [0.2, 0.25) is 0 Å². The maximum absolute atomic E-state index is 13.9. The van der Waals surface area contributed by atoms with Crippen molar-refractivity contribution in [3.8, 4) is 11.5 Å². The second kappa shape index (κ2) is 8.11. The van der Waals surface area contributed by atoms with Gasteiger partial charge in [0.1, 0.15) is 28.8 Å². The van der Waals surface area contributed by atoms with E-state index in [1.165, 1.54) is 32.4 Å². The van der Waals surface area contributed by atoms with Gasteiger partial charge >= 0.3 is 6.03 Å². The van der Waals surface area contributed by atoms with Crippen LogP contribution in [-0.4, -0.2) is 51.3 Å². The molecule has 1 aliphatic rings. The van der Waals surface area contributed by atoms with E-state index in [1.807, 2.05) is 0 Å². The molecule has 0 aliphatic carbocycles. The molecule has 2 amide bonds. The van der Waals surface area contributed by atoms with Gasteiger partial charge in [0.25, 0.3) is 0 Å². The lowest BCUT2D eigenvalue weighted by Crippen LogP contribution is -2.50. The lowest BCUT2D eigenvalue weighted by Gasteiger charge is -2.36. The van der Waals surface area contributed by atoms with Crippen LogP contribution in [0.1, 0.15) is 0 Å². The summed E-state index contributed by atoms with van der Waals surface area (Å²) in [6.07, 6.45) is 0. The van der Waals surface area contributed by atoms with Crippen molar-refractivity contribution in [2.45, 2.75) is 0 Å². The number of nitrogens with one attached hydrogen (secondary N) is 1. The minimum atomic E-state index is -0.603. The zero-order valence-corrected chi connectivity index (χ0v) is 15.2. The van der Waals surface area contributed by atoms with Gasteiger partial charge in [-0.1, -0.05) is 6.07 Å². The standard InChI is InChI=1S/C19H21F2N3O3/c1-26-13-6-7-17(27-2)16(12-13)22-19(25)24-10-8-23(9-11-24)18-14(20)4-3-5-15(18)21/h3-7,12H,8-11H2,1-2H3,(H,22,25). The van der Waals surface area contributed by atoms with E-state index in [-0.39, 0.29) is 11.7 Å². The molecule has 1 saturated heterocycles. The normalized spacial score (nSPS) is 14.1. The van der Waals surface area contributed by atoms with E-state index in [9.17, 15) is 13.6 Å². The highest BCUT2D eigenvalue weighted by Gasteiger charge is 2.25. The number of methoxy groups -OCH3 is 2. The SMILES string of the molecule is COc1ccc(OC)c(NC(=O)N2CCN(c3c(F)cccc3F)CC2)c1. The summed E-state index contributed by atoms with van der Waals surface area (Å²) in [5.74, 6) is -0.106. The molecule has 1 heterocycles. The van der Waals surface area contributed by atoms with E-state index in [1.54, 1.807) is 28.0 Å². The minimum Gasteiger partial charge on any atom is -0.497 e. The highest BCUT2D eigenvalue weighted by atomic mass is 19.1. The first kappa shape index (κ1) is 18.8. The van der Waals surface area contributed by atoms with Crippen LogP contribution < -0.4 is 19.7 Å². The maximum atomic E-state index is 13.9. The molecule has 8 heteroatoms.